The van der Waals surface area contributed by atoms with Gasteiger partial charge < -0.3 is 9.84 Å². The van der Waals surface area contributed by atoms with E-state index in [9.17, 15) is 4.79 Å². The van der Waals surface area contributed by atoms with Crippen LogP contribution >= 0.6 is 0 Å². The van der Waals surface area contributed by atoms with Crippen LogP contribution in [-0.4, -0.2) is 22.2 Å². The Morgan fingerprint density at radius 2 is 2.05 bits per heavy atom. The number of carboxylic acids is 1. The molecule has 1 saturated carbocycles. The highest BCUT2D eigenvalue weighted by Gasteiger charge is 2.23. The Labute approximate surface area is 113 Å². The molecule has 1 aromatic rings. The third kappa shape index (κ3) is 3.46. The highest BCUT2D eigenvalue weighted by atomic mass is 16.5. The van der Waals surface area contributed by atoms with Crippen molar-refractivity contribution in [3.05, 3.63) is 23.5 Å². The highest BCUT2D eigenvalue weighted by Crippen LogP contribution is 2.30. The normalized spacial score (nSPS) is 23.1. The van der Waals surface area contributed by atoms with Crippen molar-refractivity contribution in [3.63, 3.8) is 0 Å². The molecule has 104 valence electrons. The largest absolute Gasteiger partial charge is 0.488 e. The minimum absolute atomic E-state index is 0.0256. The lowest BCUT2D eigenvalue weighted by Gasteiger charge is -2.28. The van der Waals surface area contributed by atoms with Crippen LogP contribution in [0.4, 0.5) is 0 Å². The number of carboxylic acid groups (broad SMARTS) is 1. The summed E-state index contributed by atoms with van der Waals surface area (Å²) in [4.78, 5) is 15.2. The molecule has 2 rings (SSSR count). The van der Waals surface area contributed by atoms with Crippen LogP contribution in [-0.2, 0) is 0 Å². The molecule has 0 radical (unpaired) electrons. The van der Waals surface area contributed by atoms with E-state index < -0.39 is 5.97 Å². The van der Waals surface area contributed by atoms with Gasteiger partial charge in [0.15, 0.2) is 11.4 Å². The van der Waals surface area contributed by atoms with Crippen LogP contribution < -0.4 is 4.74 Å². The van der Waals surface area contributed by atoms with Crippen molar-refractivity contribution in [2.24, 2.45) is 5.92 Å². The summed E-state index contributed by atoms with van der Waals surface area (Å²) in [6.45, 7) is 4.00. The maximum atomic E-state index is 11.2. The van der Waals surface area contributed by atoms with Crippen LogP contribution in [0.1, 0.15) is 55.2 Å². The maximum Gasteiger partial charge on any atom is 0.358 e. The maximum absolute atomic E-state index is 11.2. The number of carbonyl (C=O) groups is 1. The summed E-state index contributed by atoms with van der Waals surface area (Å²) in [6, 6.07) is 3.51. The number of hydrogen-bond acceptors (Lipinski definition) is 3. The highest BCUT2D eigenvalue weighted by molar-refractivity contribution is 5.88. The van der Waals surface area contributed by atoms with Gasteiger partial charge in [-0.25, -0.2) is 9.78 Å². The van der Waals surface area contributed by atoms with Crippen LogP contribution in [0.2, 0.25) is 0 Å². The molecule has 4 heteroatoms. The van der Waals surface area contributed by atoms with Crippen molar-refractivity contribution in [2.45, 2.75) is 52.1 Å². The Kier molecular flexibility index (Phi) is 4.40. The molecule has 19 heavy (non-hydrogen) atoms. The quantitative estimate of drug-likeness (QED) is 0.904. The summed E-state index contributed by atoms with van der Waals surface area (Å²) >= 11 is 0. The third-order valence-electron chi connectivity index (χ3n) is 3.86. The third-order valence-corrected chi connectivity index (χ3v) is 3.86. The first-order valence-corrected chi connectivity index (χ1v) is 6.97. The lowest BCUT2D eigenvalue weighted by atomic mass is 9.86. The number of aryl methyl sites for hydroxylation is 1. The molecule has 1 aliphatic carbocycles. The fraction of sp³-hybridized carbons (Fsp3) is 0.600. The molecule has 0 saturated heterocycles. The molecular weight excluding hydrogens is 242 g/mol. The molecular formula is C15H21NO3. The number of rotatable bonds is 4. The molecule has 0 bridgehead atoms. The molecule has 0 amide bonds. The lowest BCUT2D eigenvalue weighted by molar-refractivity contribution is 0.0675. The van der Waals surface area contributed by atoms with Crippen molar-refractivity contribution < 1.29 is 14.6 Å². The van der Waals surface area contributed by atoms with E-state index >= 15 is 0 Å². The van der Waals surface area contributed by atoms with Gasteiger partial charge in [-0.05, 0) is 50.7 Å². The molecule has 0 aliphatic heterocycles. The van der Waals surface area contributed by atoms with Crippen molar-refractivity contribution in [2.75, 3.05) is 0 Å². The minimum atomic E-state index is -1.03. The number of aromatic carboxylic acids is 1. The molecule has 1 heterocycles. The zero-order valence-electron chi connectivity index (χ0n) is 11.6. The Balaban J connectivity index is 2.05. The Morgan fingerprint density at radius 3 is 2.63 bits per heavy atom. The molecule has 1 fully saturated rings. The second-order valence-electron chi connectivity index (χ2n) is 5.27. The van der Waals surface area contributed by atoms with Crippen LogP contribution in [0, 0.1) is 12.8 Å². The van der Waals surface area contributed by atoms with Gasteiger partial charge in [0.2, 0.25) is 0 Å². The van der Waals surface area contributed by atoms with Gasteiger partial charge in [0.05, 0.1) is 6.10 Å². The number of aromatic nitrogens is 1. The molecule has 1 aromatic heterocycles. The van der Waals surface area contributed by atoms with Gasteiger partial charge in [0.25, 0.3) is 0 Å². The molecule has 1 N–H and O–H groups in total. The minimum Gasteiger partial charge on any atom is -0.488 e. The number of ether oxygens (including phenoxy) is 1. The van der Waals surface area contributed by atoms with Crippen molar-refractivity contribution >= 4 is 5.97 Å². The van der Waals surface area contributed by atoms with Crippen molar-refractivity contribution in [1.82, 2.24) is 4.98 Å². The van der Waals surface area contributed by atoms with E-state index in [4.69, 9.17) is 9.84 Å². The fourth-order valence-corrected chi connectivity index (χ4v) is 2.63. The standard InChI is InChI=1S/C15H21NO3/c1-3-11-5-7-12(8-6-11)19-13-9-4-10(2)16-14(13)15(17)18/h4,9,11-12H,3,5-8H2,1-2H3,(H,17,18). The molecule has 0 aromatic carbocycles. The molecule has 1 aliphatic rings. The van der Waals surface area contributed by atoms with Gasteiger partial charge in [-0.2, -0.15) is 0 Å². The summed E-state index contributed by atoms with van der Waals surface area (Å²) in [5.41, 5.74) is 0.719. The topological polar surface area (TPSA) is 59.4 Å². The van der Waals surface area contributed by atoms with Crippen molar-refractivity contribution in [3.8, 4) is 5.75 Å². The summed E-state index contributed by atoms with van der Waals surface area (Å²) < 4.78 is 5.85. The van der Waals surface area contributed by atoms with Crippen LogP contribution in [0.15, 0.2) is 12.1 Å². The summed E-state index contributed by atoms with van der Waals surface area (Å²) in [7, 11) is 0. The Bertz CT molecular complexity index is 451. The van der Waals surface area contributed by atoms with Gasteiger partial charge in [0, 0.05) is 5.69 Å². The summed E-state index contributed by atoms with van der Waals surface area (Å²) in [6.07, 6.45) is 5.70. The predicted octanol–water partition coefficient (Wildman–Crippen LogP) is 3.44. The number of pyridine rings is 1. The summed E-state index contributed by atoms with van der Waals surface area (Å²) in [5, 5.41) is 9.16. The van der Waals surface area contributed by atoms with Gasteiger partial charge in [-0.15, -0.1) is 0 Å². The molecule has 0 atom stereocenters. The monoisotopic (exact) mass is 263 g/mol. The van der Waals surface area contributed by atoms with Gasteiger partial charge in [-0.1, -0.05) is 13.3 Å². The second kappa shape index (κ2) is 6.04. The second-order valence-corrected chi connectivity index (χ2v) is 5.27. The first-order chi connectivity index (χ1) is 9.10. The van der Waals surface area contributed by atoms with Crippen LogP contribution in [0.3, 0.4) is 0 Å². The zero-order chi connectivity index (χ0) is 13.8. The van der Waals surface area contributed by atoms with E-state index in [0.29, 0.717) is 11.4 Å². The van der Waals surface area contributed by atoms with Gasteiger partial charge in [0.1, 0.15) is 0 Å². The molecule has 0 unspecified atom stereocenters. The van der Waals surface area contributed by atoms with Gasteiger partial charge >= 0.3 is 5.97 Å². The van der Waals surface area contributed by atoms with E-state index in [1.54, 1.807) is 19.1 Å². The number of nitrogens with zero attached hydrogens (tertiary/aromatic N) is 1. The lowest BCUT2D eigenvalue weighted by Crippen LogP contribution is -2.25. The van der Waals surface area contributed by atoms with E-state index in [2.05, 4.69) is 11.9 Å². The first-order valence-electron chi connectivity index (χ1n) is 6.97. The van der Waals surface area contributed by atoms with Crippen molar-refractivity contribution in [1.29, 1.82) is 0 Å². The summed E-state index contributed by atoms with van der Waals surface area (Å²) in [5.74, 6) is 0.175. The molecule has 0 spiro atoms. The first kappa shape index (κ1) is 13.8. The van der Waals surface area contributed by atoms with E-state index in [1.807, 2.05) is 0 Å². The average Bonchev–Trinajstić information content (AvgIpc) is 2.41. The SMILES string of the molecule is CCC1CCC(Oc2ccc(C)nc2C(=O)O)CC1. The fourth-order valence-electron chi connectivity index (χ4n) is 2.63. The van der Waals surface area contributed by atoms with Crippen LogP contribution in [0.5, 0.6) is 5.75 Å². The van der Waals surface area contributed by atoms with Crippen LogP contribution in [0.25, 0.3) is 0 Å². The van der Waals surface area contributed by atoms with Gasteiger partial charge in [-0.3, -0.25) is 0 Å². The van der Waals surface area contributed by atoms with E-state index in [-0.39, 0.29) is 11.8 Å². The van der Waals surface area contributed by atoms with E-state index in [0.717, 1.165) is 18.8 Å². The molecule has 4 nitrogen and oxygen atoms in total. The Morgan fingerprint density at radius 1 is 1.37 bits per heavy atom. The Hall–Kier alpha value is -1.58. The van der Waals surface area contributed by atoms with E-state index in [1.165, 1.54) is 19.3 Å². The smallest absolute Gasteiger partial charge is 0.358 e. The average molecular weight is 263 g/mol. The zero-order valence-corrected chi connectivity index (χ0v) is 11.6. The number of hydrogen-bond donors (Lipinski definition) is 1. The predicted molar refractivity (Wildman–Crippen MR) is 72.6 cm³/mol.